The topological polar surface area (TPSA) is 64.3 Å². The van der Waals surface area contributed by atoms with Crippen LogP contribution in [0.2, 0.25) is 0 Å². The van der Waals surface area contributed by atoms with Crippen LogP contribution in [0, 0.1) is 11.6 Å². The minimum Gasteiger partial charge on any atom is -0.489 e. The molecule has 0 aliphatic rings. The van der Waals surface area contributed by atoms with Crippen LogP contribution >= 0.6 is 15.9 Å². The third-order valence-corrected chi connectivity index (χ3v) is 3.37. The highest BCUT2D eigenvalue weighted by molar-refractivity contribution is 9.10. The molecule has 0 aliphatic carbocycles. The molecule has 21 heavy (non-hydrogen) atoms. The highest BCUT2D eigenvalue weighted by Gasteiger charge is 2.10. The van der Waals surface area contributed by atoms with Crippen molar-refractivity contribution in [3.05, 3.63) is 63.6 Å². The Labute approximate surface area is 128 Å². The number of hydrogen-bond donors (Lipinski definition) is 2. The minimum atomic E-state index is -0.536. The van der Waals surface area contributed by atoms with Gasteiger partial charge in [0.05, 0.1) is 4.47 Å². The minimum absolute atomic E-state index is 0.140. The lowest BCUT2D eigenvalue weighted by molar-refractivity contribution is 0.0953. The lowest BCUT2D eigenvalue weighted by atomic mass is 10.1. The quantitative estimate of drug-likeness (QED) is 0.503. The number of ether oxygens (including phenoxy) is 1. The normalized spacial score (nSPS) is 10.3. The first-order valence-electron chi connectivity index (χ1n) is 5.88. The number of nitrogens with two attached hydrogens (primary N) is 1. The molecule has 0 fully saturated rings. The summed E-state index contributed by atoms with van der Waals surface area (Å²) in [6.07, 6.45) is 0. The molecule has 0 bridgehead atoms. The van der Waals surface area contributed by atoms with Gasteiger partial charge in [-0.1, -0.05) is 0 Å². The van der Waals surface area contributed by atoms with Crippen molar-refractivity contribution < 1.29 is 18.3 Å². The molecule has 0 radical (unpaired) electrons. The molecule has 0 saturated carbocycles. The number of hydrogen-bond acceptors (Lipinski definition) is 3. The summed E-state index contributed by atoms with van der Waals surface area (Å²) < 4.78 is 32.6. The van der Waals surface area contributed by atoms with Gasteiger partial charge in [-0.2, -0.15) is 0 Å². The molecule has 3 N–H and O–H groups in total. The highest BCUT2D eigenvalue weighted by atomic mass is 79.9. The second-order valence-corrected chi connectivity index (χ2v) is 5.00. The van der Waals surface area contributed by atoms with E-state index >= 15 is 0 Å². The molecule has 2 aromatic carbocycles. The number of nitrogen functional groups attached to an aromatic ring is 1. The molecular formula is C14H11BrF2N2O2. The molecule has 4 nitrogen and oxygen atoms in total. The number of halogens is 3. The van der Waals surface area contributed by atoms with E-state index in [2.05, 4.69) is 15.9 Å². The summed E-state index contributed by atoms with van der Waals surface area (Å²) in [5.41, 5.74) is 2.33. The first kappa shape index (κ1) is 15.4. The average Bonchev–Trinajstić information content (AvgIpc) is 2.49. The Bertz CT molecular complexity index is 680. The smallest absolute Gasteiger partial charge is 0.265 e. The number of carbonyl (C=O) groups excluding carboxylic acids is 1. The summed E-state index contributed by atoms with van der Waals surface area (Å²) in [7, 11) is 0. The lowest BCUT2D eigenvalue weighted by Crippen LogP contribution is -2.30. The van der Waals surface area contributed by atoms with Gasteiger partial charge in [0.1, 0.15) is 24.0 Å². The second-order valence-electron chi connectivity index (χ2n) is 4.14. The standard InChI is InChI=1S/C14H11BrF2N2O2/c15-11-3-2-10(6-13(11)17)21-7-9-5-8(14(20)19-18)1-4-12(9)16/h1-6H,7,18H2,(H,19,20). The van der Waals surface area contributed by atoms with Gasteiger partial charge in [-0.3, -0.25) is 10.2 Å². The molecule has 2 rings (SSSR count). The van der Waals surface area contributed by atoms with E-state index in [4.69, 9.17) is 10.6 Å². The molecule has 1 amide bonds. The van der Waals surface area contributed by atoms with Gasteiger partial charge >= 0.3 is 0 Å². The van der Waals surface area contributed by atoms with Crippen LogP contribution in [0.25, 0.3) is 0 Å². The van der Waals surface area contributed by atoms with Gasteiger partial charge in [0.15, 0.2) is 0 Å². The highest BCUT2D eigenvalue weighted by Crippen LogP contribution is 2.22. The molecule has 0 aromatic heterocycles. The molecule has 7 heteroatoms. The van der Waals surface area contributed by atoms with Crippen molar-refractivity contribution in [3.8, 4) is 5.75 Å². The maximum atomic E-state index is 13.7. The van der Waals surface area contributed by atoms with Crippen molar-refractivity contribution in [2.75, 3.05) is 0 Å². The first-order valence-corrected chi connectivity index (χ1v) is 6.68. The van der Waals surface area contributed by atoms with Gasteiger partial charge in [0, 0.05) is 17.2 Å². The predicted octanol–water partition coefficient (Wildman–Crippen LogP) is 2.91. The Kier molecular flexibility index (Phi) is 4.87. The molecule has 0 aliphatic heterocycles. The number of benzene rings is 2. The second kappa shape index (κ2) is 6.64. The number of rotatable bonds is 4. The largest absolute Gasteiger partial charge is 0.489 e. The summed E-state index contributed by atoms with van der Waals surface area (Å²) in [6.45, 7) is -0.140. The van der Waals surface area contributed by atoms with Gasteiger partial charge in [-0.25, -0.2) is 14.6 Å². The summed E-state index contributed by atoms with van der Waals surface area (Å²) in [5, 5.41) is 0. The van der Waals surface area contributed by atoms with E-state index in [9.17, 15) is 13.6 Å². The van der Waals surface area contributed by atoms with Gasteiger partial charge in [0.2, 0.25) is 0 Å². The Morgan fingerprint density at radius 3 is 2.62 bits per heavy atom. The van der Waals surface area contributed by atoms with Gasteiger partial charge in [-0.05, 0) is 46.3 Å². The van der Waals surface area contributed by atoms with Gasteiger partial charge in [0.25, 0.3) is 5.91 Å². The maximum Gasteiger partial charge on any atom is 0.265 e. The van der Waals surface area contributed by atoms with Crippen LogP contribution in [0.5, 0.6) is 5.75 Å². The van der Waals surface area contributed by atoms with Crippen molar-refractivity contribution in [2.24, 2.45) is 5.84 Å². The fraction of sp³-hybridized carbons (Fsp3) is 0.0714. The van der Waals surface area contributed by atoms with E-state index in [1.54, 1.807) is 6.07 Å². The first-order chi connectivity index (χ1) is 10.0. The number of nitrogens with one attached hydrogen (secondary N) is 1. The SMILES string of the molecule is NNC(=O)c1ccc(F)c(COc2ccc(Br)c(F)c2)c1. The van der Waals surface area contributed by atoms with Crippen LogP contribution < -0.4 is 16.0 Å². The van der Waals surface area contributed by atoms with Crippen LogP contribution in [0.1, 0.15) is 15.9 Å². The van der Waals surface area contributed by atoms with Crippen molar-refractivity contribution >= 4 is 21.8 Å². The fourth-order valence-electron chi connectivity index (χ4n) is 1.64. The predicted molar refractivity (Wildman–Crippen MR) is 76.5 cm³/mol. The van der Waals surface area contributed by atoms with E-state index in [-0.39, 0.29) is 23.5 Å². The average molecular weight is 357 g/mol. The number of amides is 1. The summed E-state index contributed by atoms with van der Waals surface area (Å²) in [6, 6.07) is 7.98. The van der Waals surface area contributed by atoms with Crippen LogP contribution in [0.4, 0.5) is 8.78 Å². The van der Waals surface area contributed by atoms with E-state index in [0.29, 0.717) is 4.47 Å². The van der Waals surface area contributed by atoms with Gasteiger partial charge < -0.3 is 4.74 Å². The fourth-order valence-corrected chi connectivity index (χ4v) is 1.88. The van der Waals surface area contributed by atoms with Crippen molar-refractivity contribution in [3.63, 3.8) is 0 Å². The zero-order valence-electron chi connectivity index (χ0n) is 10.7. The van der Waals surface area contributed by atoms with Crippen LogP contribution in [0.15, 0.2) is 40.9 Å². The Hall–Kier alpha value is -1.99. The maximum absolute atomic E-state index is 13.7. The molecule has 110 valence electrons. The lowest BCUT2D eigenvalue weighted by Gasteiger charge is -2.09. The molecular weight excluding hydrogens is 346 g/mol. The Balaban J connectivity index is 2.15. The Morgan fingerprint density at radius 1 is 1.19 bits per heavy atom. The van der Waals surface area contributed by atoms with Crippen molar-refractivity contribution in [1.29, 1.82) is 0 Å². The van der Waals surface area contributed by atoms with Crippen LogP contribution in [-0.2, 0) is 6.61 Å². The Morgan fingerprint density at radius 2 is 1.95 bits per heavy atom. The van der Waals surface area contributed by atoms with Gasteiger partial charge in [-0.15, -0.1) is 0 Å². The van der Waals surface area contributed by atoms with E-state index in [0.717, 1.165) is 6.07 Å². The van der Waals surface area contributed by atoms with E-state index in [1.807, 2.05) is 5.43 Å². The molecule has 0 spiro atoms. The van der Waals surface area contributed by atoms with Crippen LogP contribution in [-0.4, -0.2) is 5.91 Å². The molecule has 0 atom stereocenters. The molecule has 0 unspecified atom stereocenters. The molecule has 0 heterocycles. The van der Waals surface area contributed by atoms with Crippen molar-refractivity contribution in [1.82, 2.24) is 5.43 Å². The number of hydrazine groups is 1. The zero-order chi connectivity index (χ0) is 15.4. The van der Waals surface area contributed by atoms with Crippen LogP contribution in [0.3, 0.4) is 0 Å². The monoisotopic (exact) mass is 356 g/mol. The molecule has 0 saturated heterocycles. The van der Waals surface area contributed by atoms with Crippen molar-refractivity contribution in [2.45, 2.75) is 6.61 Å². The molecule has 2 aromatic rings. The third-order valence-electron chi connectivity index (χ3n) is 2.72. The number of carbonyl (C=O) groups is 1. The van der Waals surface area contributed by atoms with E-state index in [1.165, 1.54) is 24.3 Å². The summed E-state index contributed by atoms with van der Waals surface area (Å²) in [4.78, 5) is 11.4. The third kappa shape index (κ3) is 3.77. The summed E-state index contributed by atoms with van der Waals surface area (Å²) in [5.74, 6) is 3.73. The zero-order valence-corrected chi connectivity index (χ0v) is 12.3. The summed E-state index contributed by atoms with van der Waals surface area (Å²) >= 11 is 3.02. The van der Waals surface area contributed by atoms with E-state index < -0.39 is 17.5 Å².